The minimum Gasteiger partial charge on any atom is -0.480 e. The van der Waals surface area contributed by atoms with E-state index in [4.69, 9.17) is 0 Å². The van der Waals surface area contributed by atoms with Crippen LogP contribution in [0.15, 0.2) is 18.2 Å². The van der Waals surface area contributed by atoms with Gasteiger partial charge in [-0.15, -0.1) is 0 Å². The fraction of sp³-hybridized carbons (Fsp3) is 0.467. The first kappa shape index (κ1) is 16.0. The zero-order valence-corrected chi connectivity index (χ0v) is 12.4. The van der Waals surface area contributed by atoms with Crippen LogP contribution < -0.4 is 10.6 Å². The number of amides is 2. The summed E-state index contributed by atoms with van der Waals surface area (Å²) in [5.41, 5.74) is 1.47. The van der Waals surface area contributed by atoms with Gasteiger partial charge in [-0.2, -0.15) is 0 Å². The Balaban J connectivity index is 2.81. The molecule has 0 heterocycles. The number of carbonyl (C=O) groups excluding carboxylic acids is 1. The molecule has 0 aliphatic carbocycles. The zero-order valence-electron chi connectivity index (χ0n) is 12.4. The van der Waals surface area contributed by atoms with Crippen LogP contribution in [0.5, 0.6) is 0 Å². The molecular weight excluding hydrogens is 256 g/mol. The van der Waals surface area contributed by atoms with Crippen molar-refractivity contribution in [3.8, 4) is 0 Å². The highest BCUT2D eigenvalue weighted by Gasteiger charge is 2.33. The van der Waals surface area contributed by atoms with Gasteiger partial charge in [0, 0.05) is 5.69 Å². The van der Waals surface area contributed by atoms with Gasteiger partial charge in [0.05, 0.1) is 0 Å². The maximum atomic E-state index is 12.0. The third-order valence-corrected chi connectivity index (χ3v) is 3.46. The summed E-state index contributed by atoms with van der Waals surface area (Å²) in [6.45, 7) is 7.26. The fourth-order valence-electron chi connectivity index (χ4n) is 2.01. The van der Waals surface area contributed by atoms with Crippen molar-refractivity contribution in [2.24, 2.45) is 0 Å². The van der Waals surface area contributed by atoms with Gasteiger partial charge in [-0.1, -0.05) is 25.5 Å². The Labute approximate surface area is 119 Å². The van der Waals surface area contributed by atoms with Crippen molar-refractivity contribution in [1.82, 2.24) is 5.32 Å². The van der Waals surface area contributed by atoms with Gasteiger partial charge < -0.3 is 15.7 Å². The highest BCUT2D eigenvalue weighted by molar-refractivity contribution is 5.94. The van der Waals surface area contributed by atoms with Crippen LogP contribution in [-0.2, 0) is 4.79 Å². The number of nitrogens with one attached hydrogen (secondary N) is 2. The molecule has 110 valence electrons. The lowest BCUT2D eigenvalue weighted by atomic mass is 9.96. The number of carboxylic acids is 1. The highest BCUT2D eigenvalue weighted by atomic mass is 16.4. The highest BCUT2D eigenvalue weighted by Crippen LogP contribution is 2.18. The molecule has 0 saturated carbocycles. The second-order valence-electron chi connectivity index (χ2n) is 5.21. The van der Waals surface area contributed by atoms with Crippen LogP contribution in [0.25, 0.3) is 0 Å². The van der Waals surface area contributed by atoms with Crippen LogP contribution in [0.2, 0.25) is 0 Å². The predicted molar refractivity (Wildman–Crippen MR) is 79.0 cm³/mol. The first-order valence-corrected chi connectivity index (χ1v) is 6.69. The van der Waals surface area contributed by atoms with E-state index < -0.39 is 17.5 Å². The van der Waals surface area contributed by atoms with Crippen LogP contribution in [0.1, 0.15) is 37.8 Å². The Hall–Kier alpha value is -2.04. The third-order valence-electron chi connectivity index (χ3n) is 3.46. The van der Waals surface area contributed by atoms with E-state index >= 15 is 0 Å². The standard InChI is InChI=1S/C15H22N2O3/c1-5-9-15(4,13(18)19)17-14(20)16-12-8-6-7-10(2)11(12)3/h6-8H,5,9H2,1-4H3,(H,18,19)(H2,16,17,20). The number of rotatable bonds is 5. The van der Waals surface area contributed by atoms with E-state index in [1.54, 1.807) is 6.07 Å². The molecule has 1 rings (SSSR count). The molecule has 5 heteroatoms. The molecule has 0 aliphatic heterocycles. The predicted octanol–water partition coefficient (Wildman–Crippen LogP) is 3.07. The Morgan fingerprint density at radius 2 is 1.95 bits per heavy atom. The lowest BCUT2D eigenvalue weighted by Gasteiger charge is -2.26. The van der Waals surface area contributed by atoms with E-state index in [0.29, 0.717) is 18.5 Å². The molecule has 5 nitrogen and oxygen atoms in total. The largest absolute Gasteiger partial charge is 0.480 e. The van der Waals surface area contributed by atoms with Crippen LogP contribution >= 0.6 is 0 Å². The van der Waals surface area contributed by atoms with E-state index in [0.717, 1.165) is 11.1 Å². The molecule has 0 fully saturated rings. The van der Waals surface area contributed by atoms with Gasteiger partial charge in [0.1, 0.15) is 5.54 Å². The number of aryl methyl sites for hydroxylation is 1. The smallest absolute Gasteiger partial charge is 0.329 e. The summed E-state index contributed by atoms with van der Waals surface area (Å²) in [5, 5.41) is 14.5. The Morgan fingerprint density at radius 1 is 1.30 bits per heavy atom. The Bertz CT molecular complexity index is 514. The SMILES string of the molecule is CCCC(C)(NC(=O)Nc1cccc(C)c1C)C(=O)O. The van der Waals surface area contributed by atoms with Gasteiger partial charge >= 0.3 is 12.0 Å². The molecule has 1 aromatic rings. The molecular formula is C15H22N2O3. The average Bonchev–Trinajstić information content (AvgIpc) is 2.35. The number of hydrogen-bond acceptors (Lipinski definition) is 2. The van der Waals surface area contributed by atoms with Crippen molar-refractivity contribution in [1.29, 1.82) is 0 Å². The van der Waals surface area contributed by atoms with E-state index in [2.05, 4.69) is 10.6 Å². The Kier molecular flexibility index (Phi) is 5.13. The lowest BCUT2D eigenvalue weighted by Crippen LogP contribution is -2.53. The van der Waals surface area contributed by atoms with Gasteiger partial charge in [0.2, 0.25) is 0 Å². The quantitative estimate of drug-likeness (QED) is 0.774. The lowest BCUT2D eigenvalue weighted by molar-refractivity contribution is -0.143. The van der Waals surface area contributed by atoms with Gasteiger partial charge in [0.25, 0.3) is 0 Å². The number of benzene rings is 1. The summed E-state index contributed by atoms with van der Waals surface area (Å²) in [6, 6.07) is 5.09. The monoisotopic (exact) mass is 278 g/mol. The molecule has 20 heavy (non-hydrogen) atoms. The average molecular weight is 278 g/mol. The minimum absolute atomic E-state index is 0.378. The summed E-state index contributed by atoms with van der Waals surface area (Å²) < 4.78 is 0. The molecule has 0 radical (unpaired) electrons. The van der Waals surface area contributed by atoms with Crippen molar-refractivity contribution >= 4 is 17.7 Å². The minimum atomic E-state index is -1.25. The first-order valence-electron chi connectivity index (χ1n) is 6.69. The molecule has 0 bridgehead atoms. The van der Waals surface area contributed by atoms with Gasteiger partial charge in [-0.3, -0.25) is 0 Å². The Morgan fingerprint density at radius 3 is 2.50 bits per heavy atom. The number of hydrogen-bond donors (Lipinski definition) is 3. The molecule has 0 aliphatic rings. The van der Waals surface area contributed by atoms with Crippen LogP contribution in [0.4, 0.5) is 10.5 Å². The second-order valence-corrected chi connectivity index (χ2v) is 5.21. The second kappa shape index (κ2) is 6.41. The fourth-order valence-corrected chi connectivity index (χ4v) is 2.01. The third kappa shape index (κ3) is 3.73. The number of urea groups is 1. The van der Waals surface area contributed by atoms with E-state index in [1.807, 2.05) is 32.9 Å². The first-order chi connectivity index (χ1) is 9.30. The van der Waals surface area contributed by atoms with Crippen molar-refractivity contribution in [2.45, 2.75) is 46.1 Å². The number of carboxylic acid groups (broad SMARTS) is 1. The zero-order chi connectivity index (χ0) is 15.3. The number of anilines is 1. The molecule has 0 aromatic heterocycles. The molecule has 2 amide bonds. The normalized spacial score (nSPS) is 13.4. The summed E-state index contributed by atoms with van der Waals surface area (Å²) in [7, 11) is 0. The maximum absolute atomic E-state index is 12.0. The molecule has 1 aromatic carbocycles. The van der Waals surface area contributed by atoms with E-state index in [-0.39, 0.29) is 0 Å². The van der Waals surface area contributed by atoms with Gasteiger partial charge in [-0.25, -0.2) is 9.59 Å². The van der Waals surface area contributed by atoms with Gasteiger partial charge in [-0.05, 0) is 44.4 Å². The van der Waals surface area contributed by atoms with Crippen LogP contribution in [-0.4, -0.2) is 22.6 Å². The van der Waals surface area contributed by atoms with Crippen molar-refractivity contribution in [3.05, 3.63) is 29.3 Å². The molecule has 3 N–H and O–H groups in total. The van der Waals surface area contributed by atoms with Crippen LogP contribution in [0, 0.1) is 13.8 Å². The number of carbonyl (C=O) groups is 2. The summed E-state index contributed by atoms with van der Waals surface area (Å²) >= 11 is 0. The van der Waals surface area contributed by atoms with Crippen LogP contribution in [0.3, 0.4) is 0 Å². The van der Waals surface area contributed by atoms with Crippen molar-refractivity contribution < 1.29 is 14.7 Å². The number of aliphatic carboxylic acids is 1. The topological polar surface area (TPSA) is 78.4 Å². The summed E-state index contributed by atoms with van der Waals surface area (Å²) in [4.78, 5) is 23.3. The summed E-state index contributed by atoms with van der Waals surface area (Å²) in [5.74, 6) is -1.03. The molecule has 0 saturated heterocycles. The summed E-state index contributed by atoms with van der Waals surface area (Å²) in [6.07, 6.45) is 1.05. The van der Waals surface area contributed by atoms with Crippen molar-refractivity contribution in [3.63, 3.8) is 0 Å². The molecule has 0 spiro atoms. The van der Waals surface area contributed by atoms with Gasteiger partial charge in [0.15, 0.2) is 0 Å². The van der Waals surface area contributed by atoms with E-state index in [9.17, 15) is 14.7 Å². The van der Waals surface area contributed by atoms with Crippen molar-refractivity contribution in [2.75, 3.05) is 5.32 Å². The molecule has 1 unspecified atom stereocenters. The maximum Gasteiger partial charge on any atom is 0.329 e. The molecule has 1 atom stereocenters. The van der Waals surface area contributed by atoms with E-state index in [1.165, 1.54) is 6.92 Å².